The van der Waals surface area contributed by atoms with Gasteiger partial charge in [0, 0.05) is 6.54 Å². The Hall–Kier alpha value is -1.55. The fraction of sp³-hybridized carbons (Fsp3) is 0.611. The first-order chi connectivity index (χ1) is 10.7. The summed E-state index contributed by atoms with van der Waals surface area (Å²) in [6, 6.07) is 10.2. The maximum atomic E-state index is 11.4. The number of carbonyl (C=O) groups is 1. The molecular formula is C18H29NO3. The average Bonchev–Trinajstić information content (AvgIpc) is 2.54. The number of hydrogen-bond donors (Lipinski definition) is 2. The lowest BCUT2D eigenvalue weighted by Gasteiger charge is -2.12. The summed E-state index contributed by atoms with van der Waals surface area (Å²) in [7, 11) is 0. The summed E-state index contributed by atoms with van der Waals surface area (Å²) in [5, 5.41) is 12.5. The molecule has 0 fully saturated rings. The van der Waals surface area contributed by atoms with E-state index in [1.54, 1.807) is 0 Å². The Labute approximate surface area is 133 Å². The topological polar surface area (TPSA) is 58.6 Å². The van der Waals surface area contributed by atoms with Crippen molar-refractivity contribution in [3.8, 4) is 0 Å². The van der Waals surface area contributed by atoms with Gasteiger partial charge in [-0.05, 0) is 31.2 Å². The van der Waals surface area contributed by atoms with Crippen LogP contribution in [0.3, 0.4) is 0 Å². The van der Waals surface area contributed by atoms with Gasteiger partial charge < -0.3 is 15.2 Å². The highest BCUT2D eigenvalue weighted by Crippen LogP contribution is 2.06. The molecule has 1 unspecified atom stereocenters. The number of unbranched alkanes of at least 4 members (excludes halogenated alkanes) is 3. The highest BCUT2D eigenvalue weighted by molar-refractivity contribution is 5.67. The van der Waals surface area contributed by atoms with Crippen molar-refractivity contribution in [3.63, 3.8) is 0 Å². The van der Waals surface area contributed by atoms with Gasteiger partial charge in [0.2, 0.25) is 0 Å². The van der Waals surface area contributed by atoms with Gasteiger partial charge in [-0.2, -0.15) is 0 Å². The lowest BCUT2D eigenvalue weighted by Crippen LogP contribution is -2.32. The number of amides is 1. The molecule has 0 aliphatic rings. The molecule has 0 heterocycles. The Bertz CT molecular complexity index is 395. The van der Waals surface area contributed by atoms with Gasteiger partial charge in [0.15, 0.2) is 0 Å². The summed E-state index contributed by atoms with van der Waals surface area (Å²) >= 11 is 0. The molecule has 0 aliphatic heterocycles. The molecule has 0 bridgehead atoms. The number of alkyl carbamates (subject to hydrolysis) is 1. The third kappa shape index (κ3) is 9.40. The molecule has 0 aliphatic carbocycles. The van der Waals surface area contributed by atoms with Crippen LogP contribution in [0.4, 0.5) is 4.79 Å². The maximum Gasteiger partial charge on any atom is 0.407 e. The summed E-state index contributed by atoms with van der Waals surface area (Å²) in [6.07, 6.45) is 5.90. The zero-order valence-corrected chi connectivity index (χ0v) is 13.6. The van der Waals surface area contributed by atoms with Crippen molar-refractivity contribution >= 4 is 6.09 Å². The third-order valence-electron chi connectivity index (χ3n) is 3.56. The quantitative estimate of drug-likeness (QED) is 0.613. The van der Waals surface area contributed by atoms with E-state index < -0.39 is 12.2 Å². The Balaban J connectivity index is 2.00. The number of aliphatic hydroxyl groups is 1. The van der Waals surface area contributed by atoms with E-state index in [1.165, 1.54) is 18.4 Å². The van der Waals surface area contributed by atoms with E-state index in [9.17, 15) is 9.90 Å². The van der Waals surface area contributed by atoms with E-state index >= 15 is 0 Å². The molecule has 0 saturated carbocycles. The minimum atomic E-state index is -0.517. The Morgan fingerprint density at radius 1 is 1.18 bits per heavy atom. The zero-order valence-electron chi connectivity index (χ0n) is 13.6. The van der Waals surface area contributed by atoms with Gasteiger partial charge in [0.25, 0.3) is 0 Å². The van der Waals surface area contributed by atoms with Gasteiger partial charge in [-0.25, -0.2) is 4.79 Å². The molecule has 1 aromatic rings. The second-order valence-electron chi connectivity index (χ2n) is 5.61. The summed E-state index contributed by atoms with van der Waals surface area (Å²) in [4.78, 5) is 11.4. The maximum absolute atomic E-state index is 11.4. The predicted octanol–water partition coefficient (Wildman–Crippen LogP) is 3.68. The highest BCUT2D eigenvalue weighted by Gasteiger charge is 2.07. The molecule has 22 heavy (non-hydrogen) atoms. The molecule has 0 aromatic heterocycles. The van der Waals surface area contributed by atoms with Crippen LogP contribution in [0, 0.1) is 0 Å². The van der Waals surface area contributed by atoms with E-state index in [0.717, 1.165) is 25.7 Å². The Morgan fingerprint density at radius 2 is 1.95 bits per heavy atom. The van der Waals surface area contributed by atoms with Crippen LogP contribution in [0.1, 0.15) is 51.0 Å². The molecular weight excluding hydrogens is 278 g/mol. The summed E-state index contributed by atoms with van der Waals surface area (Å²) in [5.74, 6) is 0. The molecule has 1 aromatic carbocycles. The SMILES string of the molecule is CCCCCCOC(=O)NCC(O)CCCc1ccccc1. The van der Waals surface area contributed by atoms with Crippen LogP contribution in [0.25, 0.3) is 0 Å². The molecule has 4 nitrogen and oxygen atoms in total. The number of aryl methyl sites for hydroxylation is 1. The minimum Gasteiger partial charge on any atom is -0.450 e. The normalized spacial score (nSPS) is 11.9. The van der Waals surface area contributed by atoms with Crippen LogP contribution < -0.4 is 5.32 Å². The fourth-order valence-corrected chi connectivity index (χ4v) is 2.23. The third-order valence-corrected chi connectivity index (χ3v) is 3.56. The van der Waals surface area contributed by atoms with Crippen molar-refractivity contribution in [1.82, 2.24) is 5.32 Å². The van der Waals surface area contributed by atoms with Gasteiger partial charge in [-0.3, -0.25) is 0 Å². The summed E-state index contributed by atoms with van der Waals surface area (Å²) in [5.41, 5.74) is 1.27. The first kappa shape index (κ1) is 18.5. The van der Waals surface area contributed by atoms with Crippen LogP contribution >= 0.6 is 0 Å². The largest absolute Gasteiger partial charge is 0.450 e. The number of benzene rings is 1. The number of rotatable bonds is 11. The van der Waals surface area contributed by atoms with Crippen molar-refractivity contribution in [2.75, 3.05) is 13.2 Å². The van der Waals surface area contributed by atoms with Crippen molar-refractivity contribution < 1.29 is 14.6 Å². The van der Waals surface area contributed by atoms with Crippen molar-refractivity contribution in [2.45, 2.75) is 58.0 Å². The van der Waals surface area contributed by atoms with Gasteiger partial charge in [0.1, 0.15) is 0 Å². The molecule has 124 valence electrons. The lowest BCUT2D eigenvalue weighted by atomic mass is 10.1. The Morgan fingerprint density at radius 3 is 2.68 bits per heavy atom. The second kappa shape index (κ2) is 12.0. The number of nitrogens with one attached hydrogen (secondary N) is 1. The smallest absolute Gasteiger partial charge is 0.407 e. The van der Waals surface area contributed by atoms with Gasteiger partial charge >= 0.3 is 6.09 Å². The molecule has 1 rings (SSSR count). The summed E-state index contributed by atoms with van der Waals surface area (Å²) < 4.78 is 5.05. The number of ether oxygens (including phenoxy) is 1. The molecule has 0 radical (unpaired) electrons. The number of carbonyl (C=O) groups excluding carboxylic acids is 1. The number of hydrogen-bond acceptors (Lipinski definition) is 3. The second-order valence-corrected chi connectivity index (χ2v) is 5.61. The zero-order chi connectivity index (χ0) is 16.0. The van der Waals surface area contributed by atoms with Crippen LogP contribution in [0.15, 0.2) is 30.3 Å². The van der Waals surface area contributed by atoms with E-state index in [1.807, 2.05) is 18.2 Å². The van der Waals surface area contributed by atoms with E-state index in [0.29, 0.717) is 13.0 Å². The van der Waals surface area contributed by atoms with Gasteiger partial charge in [-0.15, -0.1) is 0 Å². The van der Waals surface area contributed by atoms with E-state index in [2.05, 4.69) is 24.4 Å². The van der Waals surface area contributed by atoms with Gasteiger partial charge in [-0.1, -0.05) is 56.5 Å². The summed E-state index contributed by atoms with van der Waals surface area (Å²) in [6.45, 7) is 2.85. The van der Waals surface area contributed by atoms with E-state index in [-0.39, 0.29) is 6.54 Å². The van der Waals surface area contributed by atoms with Crippen LogP contribution in [0.5, 0.6) is 0 Å². The van der Waals surface area contributed by atoms with Crippen LogP contribution in [0.2, 0.25) is 0 Å². The lowest BCUT2D eigenvalue weighted by molar-refractivity contribution is 0.125. The van der Waals surface area contributed by atoms with Crippen molar-refractivity contribution in [2.24, 2.45) is 0 Å². The molecule has 0 spiro atoms. The average molecular weight is 307 g/mol. The molecule has 1 amide bonds. The van der Waals surface area contributed by atoms with Crippen molar-refractivity contribution in [3.05, 3.63) is 35.9 Å². The van der Waals surface area contributed by atoms with Crippen LogP contribution in [-0.4, -0.2) is 30.5 Å². The first-order valence-corrected chi connectivity index (χ1v) is 8.35. The molecule has 4 heteroatoms. The van der Waals surface area contributed by atoms with Crippen LogP contribution in [-0.2, 0) is 11.2 Å². The number of aliphatic hydroxyl groups excluding tert-OH is 1. The minimum absolute atomic E-state index is 0.253. The molecule has 2 N–H and O–H groups in total. The molecule has 0 saturated heterocycles. The predicted molar refractivity (Wildman–Crippen MR) is 88.9 cm³/mol. The van der Waals surface area contributed by atoms with Crippen molar-refractivity contribution in [1.29, 1.82) is 0 Å². The highest BCUT2D eigenvalue weighted by atomic mass is 16.5. The first-order valence-electron chi connectivity index (χ1n) is 8.35. The Kier molecular flexibility index (Phi) is 10.1. The van der Waals surface area contributed by atoms with Gasteiger partial charge in [0.05, 0.1) is 12.7 Å². The fourth-order valence-electron chi connectivity index (χ4n) is 2.23. The monoisotopic (exact) mass is 307 g/mol. The molecule has 1 atom stereocenters. The standard InChI is InChI=1S/C18H29NO3/c1-2-3-4-8-14-22-18(21)19-15-17(20)13-9-12-16-10-6-5-7-11-16/h5-7,10-11,17,20H,2-4,8-9,12-15H2,1H3,(H,19,21). The van der Waals surface area contributed by atoms with E-state index in [4.69, 9.17) is 4.74 Å².